The van der Waals surface area contributed by atoms with E-state index in [4.69, 9.17) is 16.6 Å². The Bertz CT molecular complexity index is 673. The Morgan fingerprint density at radius 2 is 1.36 bits per heavy atom. The summed E-state index contributed by atoms with van der Waals surface area (Å²) in [5, 5.41) is 34.6. The van der Waals surface area contributed by atoms with Crippen LogP contribution < -0.4 is 27.4 Å². The molecule has 4 atom stereocenters. The number of amides is 3. The molecule has 0 heterocycles. The molecule has 0 aromatic rings. The van der Waals surface area contributed by atoms with Gasteiger partial charge in [0.05, 0.1) is 12.6 Å². The van der Waals surface area contributed by atoms with Gasteiger partial charge in [-0.15, -0.1) is 0 Å². The Morgan fingerprint density at radius 1 is 0.818 bits per heavy atom. The highest BCUT2D eigenvalue weighted by molar-refractivity contribution is 5.94. The third-order valence-electron chi connectivity index (χ3n) is 4.72. The number of carbonyl (C=O) groups is 5. The maximum atomic E-state index is 12.7. The summed E-state index contributed by atoms with van der Waals surface area (Å²) in [7, 11) is 0. The molecule has 13 nitrogen and oxygen atoms in total. The fourth-order valence-electron chi connectivity index (χ4n) is 2.88. The third kappa shape index (κ3) is 12.7. The highest BCUT2D eigenvalue weighted by atomic mass is 16.4. The number of rotatable bonds is 17. The van der Waals surface area contributed by atoms with Crippen molar-refractivity contribution in [1.82, 2.24) is 16.0 Å². The summed E-state index contributed by atoms with van der Waals surface area (Å²) < 4.78 is 0. The molecule has 33 heavy (non-hydrogen) atoms. The van der Waals surface area contributed by atoms with Gasteiger partial charge in [-0.3, -0.25) is 19.2 Å². The van der Waals surface area contributed by atoms with E-state index in [9.17, 15) is 34.2 Å². The van der Waals surface area contributed by atoms with Crippen molar-refractivity contribution in [2.24, 2.45) is 17.4 Å². The Kier molecular flexibility index (Phi) is 14.6. The molecule has 0 aliphatic rings. The highest BCUT2D eigenvalue weighted by Crippen LogP contribution is 2.07. The van der Waals surface area contributed by atoms with Gasteiger partial charge in [0.1, 0.15) is 18.1 Å². The minimum absolute atomic E-state index is 0.0448. The topological polar surface area (TPSA) is 234 Å². The van der Waals surface area contributed by atoms with Crippen LogP contribution >= 0.6 is 0 Å². The van der Waals surface area contributed by atoms with Crippen LogP contribution in [0.5, 0.6) is 0 Å². The number of hydrogen-bond donors (Lipinski definition) is 8. The molecule has 0 spiro atoms. The fraction of sp³-hybridized carbons (Fsp3) is 0.750. The number of hydrogen-bond acceptors (Lipinski definition) is 8. The normalized spacial score (nSPS) is 14.6. The summed E-state index contributed by atoms with van der Waals surface area (Å²) >= 11 is 0. The molecule has 4 unspecified atom stereocenters. The lowest BCUT2D eigenvalue weighted by Gasteiger charge is -2.25. The average molecular weight is 476 g/mol. The van der Waals surface area contributed by atoms with Crippen molar-refractivity contribution < 1.29 is 39.3 Å². The first-order valence-electron chi connectivity index (χ1n) is 10.8. The van der Waals surface area contributed by atoms with E-state index in [1.165, 1.54) is 0 Å². The lowest BCUT2D eigenvalue weighted by atomic mass is 10.0. The van der Waals surface area contributed by atoms with E-state index in [2.05, 4.69) is 16.0 Å². The summed E-state index contributed by atoms with van der Waals surface area (Å²) in [4.78, 5) is 59.5. The van der Waals surface area contributed by atoms with Gasteiger partial charge in [-0.05, 0) is 44.6 Å². The summed E-state index contributed by atoms with van der Waals surface area (Å²) in [6.45, 7) is 3.17. The van der Waals surface area contributed by atoms with Crippen molar-refractivity contribution in [2.75, 3.05) is 13.2 Å². The molecule has 0 aromatic carbocycles. The monoisotopic (exact) mass is 475 g/mol. The minimum atomic E-state index is -1.44. The zero-order valence-electron chi connectivity index (χ0n) is 19.1. The molecule has 0 aliphatic carbocycles. The first-order valence-corrected chi connectivity index (χ1v) is 10.8. The summed E-state index contributed by atoms with van der Waals surface area (Å²) in [6, 6.07) is -4.91. The van der Waals surface area contributed by atoms with Crippen LogP contribution in [0.2, 0.25) is 0 Å². The predicted octanol–water partition coefficient (Wildman–Crippen LogP) is -2.12. The second-order valence-corrected chi connectivity index (χ2v) is 8.16. The number of carboxylic acid groups (broad SMARTS) is 2. The number of nitrogens with one attached hydrogen (secondary N) is 3. The van der Waals surface area contributed by atoms with Gasteiger partial charge in [-0.25, -0.2) is 4.79 Å². The average Bonchev–Trinajstić information content (AvgIpc) is 2.73. The van der Waals surface area contributed by atoms with E-state index in [1.54, 1.807) is 13.8 Å². The highest BCUT2D eigenvalue weighted by Gasteiger charge is 2.30. The van der Waals surface area contributed by atoms with Crippen molar-refractivity contribution in [1.29, 1.82) is 0 Å². The molecular weight excluding hydrogens is 438 g/mol. The van der Waals surface area contributed by atoms with Gasteiger partial charge >= 0.3 is 11.9 Å². The molecule has 3 amide bonds. The summed E-state index contributed by atoms with van der Waals surface area (Å²) in [5.41, 5.74) is 11.1. The van der Waals surface area contributed by atoms with Crippen molar-refractivity contribution in [2.45, 2.75) is 76.5 Å². The Balaban J connectivity index is 5.17. The predicted molar refractivity (Wildman–Crippen MR) is 118 cm³/mol. The quantitative estimate of drug-likeness (QED) is 0.106. The van der Waals surface area contributed by atoms with Crippen LogP contribution in [0.4, 0.5) is 0 Å². The third-order valence-corrected chi connectivity index (χ3v) is 4.72. The molecule has 10 N–H and O–H groups in total. The number of aliphatic carboxylic acids is 2. The molecule has 13 heteroatoms. The Labute approximate surface area is 192 Å². The van der Waals surface area contributed by atoms with E-state index in [0.29, 0.717) is 19.4 Å². The van der Waals surface area contributed by atoms with Gasteiger partial charge in [0, 0.05) is 6.42 Å². The number of carbonyl (C=O) groups excluding carboxylic acids is 3. The first-order chi connectivity index (χ1) is 15.4. The molecular formula is C20H37N5O8. The standard InChI is InChI=1S/C20H37N5O8/c1-11(2)9-14(24-17(29)12(22)6-7-16(27)28)18(30)25-15(10-26)19(31)23-13(20(32)33)5-3-4-8-21/h11-15,26H,3-10,21-22H2,1-2H3,(H,23,31)(H,24,29)(H,25,30)(H,27,28)(H,32,33). The number of nitrogens with two attached hydrogens (primary N) is 2. The number of aliphatic hydroxyl groups is 1. The van der Waals surface area contributed by atoms with Gasteiger partial charge in [-0.1, -0.05) is 13.8 Å². The van der Waals surface area contributed by atoms with Gasteiger partial charge in [0.2, 0.25) is 17.7 Å². The Hall–Kier alpha value is -2.77. The maximum absolute atomic E-state index is 12.7. The SMILES string of the molecule is CC(C)CC(NC(=O)C(N)CCC(=O)O)C(=O)NC(CO)C(=O)NC(CCCCN)C(=O)O. The lowest BCUT2D eigenvalue weighted by molar-refractivity contribution is -0.143. The Morgan fingerprint density at radius 3 is 1.85 bits per heavy atom. The molecule has 0 aromatic heterocycles. The van der Waals surface area contributed by atoms with Crippen LogP contribution in [0, 0.1) is 5.92 Å². The zero-order valence-corrected chi connectivity index (χ0v) is 19.1. The molecule has 0 radical (unpaired) electrons. The number of unbranched alkanes of at least 4 members (excludes halogenated alkanes) is 1. The number of carboxylic acids is 2. The van der Waals surface area contributed by atoms with Crippen LogP contribution in [0.15, 0.2) is 0 Å². The summed E-state index contributed by atoms with van der Waals surface area (Å²) in [5.74, 6) is -4.81. The van der Waals surface area contributed by atoms with Crippen molar-refractivity contribution in [3.8, 4) is 0 Å². The smallest absolute Gasteiger partial charge is 0.326 e. The second kappa shape index (κ2) is 15.9. The zero-order chi connectivity index (χ0) is 25.6. The minimum Gasteiger partial charge on any atom is -0.481 e. The van der Waals surface area contributed by atoms with Crippen LogP contribution in [-0.2, 0) is 24.0 Å². The van der Waals surface area contributed by atoms with E-state index in [0.717, 1.165) is 0 Å². The van der Waals surface area contributed by atoms with E-state index in [1.807, 2.05) is 0 Å². The van der Waals surface area contributed by atoms with Crippen molar-refractivity contribution in [3.63, 3.8) is 0 Å². The first kappa shape index (κ1) is 30.2. The molecule has 0 fully saturated rings. The summed E-state index contributed by atoms with van der Waals surface area (Å²) in [6.07, 6.45) is 0.905. The molecule has 190 valence electrons. The van der Waals surface area contributed by atoms with Crippen molar-refractivity contribution in [3.05, 3.63) is 0 Å². The maximum Gasteiger partial charge on any atom is 0.326 e. The molecule has 0 saturated carbocycles. The molecule has 0 bridgehead atoms. The van der Waals surface area contributed by atoms with Gasteiger partial charge < -0.3 is 42.7 Å². The largest absolute Gasteiger partial charge is 0.481 e. The van der Waals surface area contributed by atoms with Crippen LogP contribution in [0.3, 0.4) is 0 Å². The van der Waals surface area contributed by atoms with Gasteiger partial charge in [0.25, 0.3) is 0 Å². The van der Waals surface area contributed by atoms with Crippen LogP contribution in [0.25, 0.3) is 0 Å². The van der Waals surface area contributed by atoms with Gasteiger partial charge in [0.15, 0.2) is 0 Å². The van der Waals surface area contributed by atoms with Crippen LogP contribution in [-0.4, -0.2) is 82.3 Å². The fourth-order valence-corrected chi connectivity index (χ4v) is 2.88. The van der Waals surface area contributed by atoms with Crippen molar-refractivity contribution >= 4 is 29.7 Å². The van der Waals surface area contributed by atoms with Crippen LogP contribution in [0.1, 0.15) is 52.4 Å². The van der Waals surface area contributed by atoms with E-state index >= 15 is 0 Å². The van der Waals surface area contributed by atoms with E-state index < -0.39 is 60.4 Å². The molecule has 0 rings (SSSR count). The van der Waals surface area contributed by atoms with E-state index in [-0.39, 0.29) is 31.6 Å². The molecule has 0 saturated heterocycles. The lowest BCUT2D eigenvalue weighted by Crippen LogP contribution is -2.58. The number of aliphatic hydroxyl groups excluding tert-OH is 1. The second-order valence-electron chi connectivity index (χ2n) is 8.16. The van der Waals surface area contributed by atoms with Gasteiger partial charge in [-0.2, -0.15) is 0 Å². The molecule has 0 aliphatic heterocycles.